The lowest BCUT2D eigenvalue weighted by molar-refractivity contribution is -0.885. The summed E-state index contributed by atoms with van der Waals surface area (Å²) in [7, 11) is 1.80. The van der Waals surface area contributed by atoms with E-state index in [4.69, 9.17) is 0 Å². The Morgan fingerprint density at radius 2 is 1.82 bits per heavy atom. The number of quaternary nitrogens is 1. The molecule has 3 atom stereocenters. The summed E-state index contributed by atoms with van der Waals surface area (Å²) in [6.07, 6.45) is 1.80. The van der Waals surface area contributed by atoms with E-state index in [1.54, 1.807) is 20.0 Å². The molecule has 6 heteroatoms. The number of hydrogen-bond acceptors (Lipinski definition) is 2. The van der Waals surface area contributed by atoms with Gasteiger partial charge in [0, 0.05) is 5.69 Å². The monoisotopic (exact) mass is 386 g/mol. The standard InChI is InChI=1S/C22H28FN3O2/c1-4-9-20(17-10-6-5-7-11-17)25-22(28)16(2)26(3)15-21(27)24-19-13-8-12-18(23)14-19/h5-8,10-14,16,20H,4,9,15H2,1-3H3,(H,24,27)(H,25,28)/p+1/t16-,20-/m0/s1. The minimum atomic E-state index is -0.408. The second kappa shape index (κ2) is 10.6. The van der Waals surface area contributed by atoms with E-state index in [2.05, 4.69) is 17.6 Å². The molecule has 0 saturated heterocycles. The lowest BCUT2D eigenvalue weighted by Gasteiger charge is -2.24. The maximum Gasteiger partial charge on any atom is 0.279 e. The van der Waals surface area contributed by atoms with E-state index in [9.17, 15) is 14.0 Å². The van der Waals surface area contributed by atoms with Crippen molar-refractivity contribution in [3.8, 4) is 0 Å². The van der Waals surface area contributed by atoms with Gasteiger partial charge >= 0.3 is 0 Å². The number of halogens is 1. The summed E-state index contributed by atoms with van der Waals surface area (Å²) in [5.74, 6) is -0.775. The number of carbonyl (C=O) groups is 2. The van der Waals surface area contributed by atoms with Crippen LogP contribution in [0, 0.1) is 5.82 Å². The van der Waals surface area contributed by atoms with E-state index in [1.807, 2.05) is 30.3 Å². The third kappa shape index (κ3) is 6.46. The molecule has 0 bridgehead atoms. The Labute approximate surface area is 165 Å². The predicted octanol–water partition coefficient (Wildman–Crippen LogP) is 2.33. The molecule has 0 heterocycles. The molecule has 28 heavy (non-hydrogen) atoms. The summed E-state index contributed by atoms with van der Waals surface area (Å²) >= 11 is 0. The molecule has 0 aliphatic heterocycles. The quantitative estimate of drug-likeness (QED) is 0.619. The first-order chi connectivity index (χ1) is 13.4. The van der Waals surface area contributed by atoms with Crippen LogP contribution >= 0.6 is 0 Å². The van der Waals surface area contributed by atoms with E-state index in [-0.39, 0.29) is 24.4 Å². The molecule has 1 unspecified atom stereocenters. The number of carbonyl (C=O) groups excluding carboxylic acids is 2. The molecule has 5 nitrogen and oxygen atoms in total. The van der Waals surface area contributed by atoms with Gasteiger partial charge in [-0.05, 0) is 37.1 Å². The zero-order chi connectivity index (χ0) is 20.5. The predicted molar refractivity (Wildman–Crippen MR) is 108 cm³/mol. The Morgan fingerprint density at radius 3 is 2.46 bits per heavy atom. The van der Waals surface area contributed by atoms with Crippen molar-refractivity contribution in [3.05, 3.63) is 66.0 Å². The van der Waals surface area contributed by atoms with Gasteiger partial charge in [0.15, 0.2) is 12.6 Å². The van der Waals surface area contributed by atoms with Crippen LogP contribution in [0.1, 0.15) is 38.3 Å². The zero-order valence-electron chi connectivity index (χ0n) is 16.7. The fourth-order valence-electron chi connectivity index (χ4n) is 2.99. The molecule has 2 amide bonds. The van der Waals surface area contributed by atoms with Crippen molar-refractivity contribution < 1.29 is 18.9 Å². The van der Waals surface area contributed by atoms with Gasteiger partial charge in [-0.25, -0.2) is 4.39 Å². The number of hydrogen-bond donors (Lipinski definition) is 3. The van der Waals surface area contributed by atoms with Crippen LogP contribution in [0.5, 0.6) is 0 Å². The second-order valence-corrected chi connectivity index (χ2v) is 7.06. The van der Waals surface area contributed by atoms with Gasteiger partial charge in [0.1, 0.15) is 5.82 Å². The van der Waals surface area contributed by atoms with Crippen molar-refractivity contribution in [3.63, 3.8) is 0 Å². The Bertz CT molecular complexity index is 782. The molecule has 0 saturated carbocycles. The summed E-state index contributed by atoms with van der Waals surface area (Å²) in [5.41, 5.74) is 1.48. The summed E-state index contributed by atoms with van der Waals surface area (Å²) in [5, 5.41) is 5.77. The van der Waals surface area contributed by atoms with Crippen molar-refractivity contribution in [2.24, 2.45) is 0 Å². The molecular formula is C22H29FN3O2+. The minimum absolute atomic E-state index is 0.0462. The highest BCUT2D eigenvalue weighted by Crippen LogP contribution is 2.18. The minimum Gasteiger partial charge on any atom is -0.344 e. The van der Waals surface area contributed by atoms with Crippen LogP contribution in [0.15, 0.2) is 54.6 Å². The van der Waals surface area contributed by atoms with Crippen molar-refractivity contribution in [1.29, 1.82) is 0 Å². The van der Waals surface area contributed by atoms with E-state index < -0.39 is 11.9 Å². The van der Waals surface area contributed by atoms with Crippen LogP contribution in [-0.2, 0) is 9.59 Å². The maximum absolute atomic E-state index is 13.2. The highest BCUT2D eigenvalue weighted by molar-refractivity contribution is 5.91. The Hall–Kier alpha value is -2.73. The first-order valence-corrected chi connectivity index (χ1v) is 9.63. The lowest BCUT2D eigenvalue weighted by Crippen LogP contribution is -3.15. The van der Waals surface area contributed by atoms with Crippen LogP contribution in [0.2, 0.25) is 0 Å². The Balaban J connectivity index is 1.92. The highest BCUT2D eigenvalue weighted by atomic mass is 19.1. The van der Waals surface area contributed by atoms with Crippen LogP contribution in [0.3, 0.4) is 0 Å². The molecule has 0 aliphatic carbocycles. The fourth-order valence-corrected chi connectivity index (χ4v) is 2.99. The normalized spacial score (nSPS) is 14.0. The maximum atomic E-state index is 13.2. The number of benzene rings is 2. The third-order valence-corrected chi connectivity index (χ3v) is 4.78. The molecule has 0 aliphatic rings. The molecule has 150 valence electrons. The SMILES string of the molecule is CCC[C@H](NC(=O)[C@H](C)[NH+](C)CC(=O)Nc1cccc(F)c1)c1ccccc1. The van der Waals surface area contributed by atoms with Crippen molar-refractivity contribution >= 4 is 17.5 Å². The van der Waals surface area contributed by atoms with Gasteiger partial charge in [0.05, 0.1) is 13.1 Å². The summed E-state index contributed by atoms with van der Waals surface area (Å²) in [6, 6.07) is 15.2. The van der Waals surface area contributed by atoms with E-state index in [0.717, 1.165) is 23.3 Å². The average Bonchev–Trinajstić information content (AvgIpc) is 2.67. The van der Waals surface area contributed by atoms with Gasteiger partial charge in [-0.2, -0.15) is 0 Å². The number of nitrogens with one attached hydrogen (secondary N) is 3. The number of amides is 2. The van der Waals surface area contributed by atoms with Crippen molar-refractivity contribution in [2.45, 2.75) is 38.8 Å². The Morgan fingerprint density at radius 1 is 1.11 bits per heavy atom. The van der Waals surface area contributed by atoms with E-state index in [0.29, 0.717) is 5.69 Å². The molecular weight excluding hydrogens is 357 g/mol. The molecule has 2 rings (SSSR count). The number of rotatable bonds is 9. The highest BCUT2D eigenvalue weighted by Gasteiger charge is 2.26. The van der Waals surface area contributed by atoms with Gasteiger partial charge in [0.2, 0.25) is 0 Å². The van der Waals surface area contributed by atoms with Crippen LogP contribution < -0.4 is 15.5 Å². The first kappa shape index (κ1) is 21.6. The van der Waals surface area contributed by atoms with Crippen LogP contribution in [0.25, 0.3) is 0 Å². The smallest absolute Gasteiger partial charge is 0.279 e. The number of likely N-dealkylation sites (N-methyl/N-ethyl adjacent to an activating group) is 1. The molecule has 0 spiro atoms. The number of anilines is 1. The van der Waals surface area contributed by atoms with Gasteiger partial charge in [-0.15, -0.1) is 0 Å². The van der Waals surface area contributed by atoms with Crippen LogP contribution in [0.4, 0.5) is 10.1 Å². The van der Waals surface area contributed by atoms with Gasteiger partial charge in [0.25, 0.3) is 11.8 Å². The van der Waals surface area contributed by atoms with Crippen molar-refractivity contribution in [2.75, 3.05) is 18.9 Å². The molecule has 0 aromatic heterocycles. The van der Waals surface area contributed by atoms with Gasteiger partial charge < -0.3 is 15.5 Å². The van der Waals surface area contributed by atoms with E-state index >= 15 is 0 Å². The van der Waals surface area contributed by atoms with Crippen molar-refractivity contribution in [1.82, 2.24) is 5.32 Å². The molecule has 0 fully saturated rings. The molecule has 0 radical (unpaired) electrons. The molecule has 2 aromatic rings. The molecule has 3 N–H and O–H groups in total. The molecule has 2 aromatic carbocycles. The summed E-state index contributed by atoms with van der Waals surface area (Å²) in [6.45, 7) is 3.99. The van der Waals surface area contributed by atoms with Gasteiger partial charge in [-0.3, -0.25) is 9.59 Å². The topological polar surface area (TPSA) is 62.6 Å². The second-order valence-electron chi connectivity index (χ2n) is 7.06. The Kier molecular flexibility index (Phi) is 8.14. The largest absolute Gasteiger partial charge is 0.344 e. The average molecular weight is 386 g/mol. The summed E-state index contributed by atoms with van der Waals surface area (Å²) in [4.78, 5) is 25.7. The fraction of sp³-hybridized carbons (Fsp3) is 0.364. The summed E-state index contributed by atoms with van der Waals surface area (Å²) < 4.78 is 13.2. The zero-order valence-corrected chi connectivity index (χ0v) is 16.7. The lowest BCUT2D eigenvalue weighted by atomic mass is 10.0. The van der Waals surface area contributed by atoms with Crippen LogP contribution in [-0.4, -0.2) is 31.4 Å². The van der Waals surface area contributed by atoms with Gasteiger partial charge in [-0.1, -0.05) is 49.7 Å². The van der Waals surface area contributed by atoms with E-state index in [1.165, 1.54) is 18.2 Å². The third-order valence-electron chi connectivity index (χ3n) is 4.78. The first-order valence-electron chi connectivity index (χ1n) is 9.63.